The Bertz CT molecular complexity index is 435. The molecule has 0 spiro atoms. The van der Waals surface area contributed by atoms with Gasteiger partial charge in [0.25, 0.3) is 0 Å². The van der Waals surface area contributed by atoms with Gasteiger partial charge in [-0.05, 0) is 31.7 Å². The van der Waals surface area contributed by atoms with Gasteiger partial charge in [-0.25, -0.2) is 0 Å². The molecular formula is C16H24N2O. The number of nitrogens with two attached hydrogens (primary N) is 1. The Kier molecular flexibility index (Phi) is 3.87. The average Bonchev–Trinajstić information content (AvgIpc) is 2.89. The number of aryl methyl sites for hydroxylation is 1. The normalized spacial score (nSPS) is 29.2. The third-order valence-corrected chi connectivity index (χ3v) is 4.58. The third-order valence-electron chi connectivity index (χ3n) is 4.58. The fraction of sp³-hybridized carbons (Fsp3) is 0.625. The standard InChI is InChI=1S/C16H24N2O/c1-12-4-2-5-13(10-12)15(11-17)18-8-9-19-16-7-3-6-14(16)18/h2,4-5,10,14-16H,3,6-9,11,17H2,1H3. The van der Waals surface area contributed by atoms with E-state index in [1.165, 1.54) is 30.4 Å². The average molecular weight is 260 g/mol. The molecule has 1 aromatic rings. The van der Waals surface area contributed by atoms with Crippen LogP contribution in [0.2, 0.25) is 0 Å². The van der Waals surface area contributed by atoms with Crippen LogP contribution in [-0.2, 0) is 4.74 Å². The highest BCUT2D eigenvalue weighted by molar-refractivity contribution is 5.26. The van der Waals surface area contributed by atoms with Crippen LogP contribution < -0.4 is 5.73 Å². The highest BCUT2D eigenvalue weighted by Crippen LogP contribution is 2.35. The van der Waals surface area contributed by atoms with Crippen LogP contribution in [0.1, 0.15) is 36.4 Å². The summed E-state index contributed by atoms with van der Waals surface area (Å²) < 4.78 is 5.90. The monoisotopic (exact) mass is 260 g/mol. The topological polar surface area (TPSA) is 38.5 Å². The van der Waals surface area contributed by atoms with Crippen molar-refractivity contribution in [3.63, 3.8) is 0 Å². The van der Waals surface area contributed by atoms with E-state index in [1.807, 2.05) is 0 Å². The molecule has 0 bridgehead atoms. The van der Waals surface area contributed by atoms with Gasteiger partial charge in [0.2, 0.25) is 0 Å². The Balaban J connectivity index is 1.85. The summed E-state index contributed by atoms with van der Waals surface area (Å²) in [7, 11) is 0. The Morgan fingerprint density at radius 2 is 2.32 bits per heavy atom. The molecule has 2 aliphatic rings. The zero-order chi connectivity index (χ0) is 13.2. The second-order valence-corrected chi connectivity index (χ2v) is 5.81. The number of benzene rings is 1. The second kappa shape index (κ2) is 5.61. The summed E-state index contributed by atoms with van der Waals surface area (Å²) in [5.41, 5.74) is 8.75. The third kappa shape index (κ3) is 2.55. The van der Waals surface area contributed by atoms with Crippen LogP contribution in [0.15, 0.2) is 24.3 Å². The SMILES string of the molecule is Cc1cccc(C(CN)N2CCOC3CCCC32)c1. The zero-order valence-corrected chi connectivity index (χ0v) is 11.7. The Hall–Kier alpha value is -0.900. The summed E-state index contributed by atoms with van der Waals surface area (Å²) in [5, 5.41) is 0. The number of rotatable bonds is 3. The molecule has 3 nitrogen and oxygen atoms in total. The number of hydrogen-bond acceptors (Lipinski definition) is 3. The summed E-state index contributed by atoms with van der Waals surface area (Å²) >= 11 is 0. The molecule has 3 heteroatoms. The summed E-state index contributed by atoms with van der Waals surface area (Å²) in [5.74, 6) is 0. The van der Waals surface area contributed by atoms with Gasteiger partial charge >= 0.3 is 0 Å². The molecule has 2 fully saturated rings. The maximum atomic E-state index is 6.09. The lowest BCUT2D eigenvalue weighted by molar-refractivity contribution is -0.0711. The maximum Gasteiger partial charge on any atom is 0.0731 e. The van der Waals surface area contributed by atoms with Gasteiger partial charge in [0, 0.05) is 25.2 Å². The van der Waals surface area contributed by atoms with Crippen molar-refractivity contribution < 1.29 is 4.74 Å². The molecule has 1 saturated heterocycles. The molecule has 3 atom stereocenters. The van der Waals surface area contributed by atoms with Crippen molar-refractivity contribution in [3.8, 4) is 0 Å². The van der Waals surface area contributed by atoms with Gasteiger partial charge in [0.15, 0.2) is 0 Å². The molecule has 104 valence electrons. The lowest BCUT2D eigenvalue weighted by Gasteiger charge is -2.42. The fourth-order valence-electron chi connectivity index (χ4n) is 3.68. The van der Waals surface area contributed by atoms with E-state index in [-0.39, 0.29) is 0 Å². The van der Waals surface area contributed by atoms with Gasteiger partial charge in [0.05, 0.1) is 12.7 Å². The highest BCUT2D eigenvalue weighted by atomic mass is 16.5. The van der Waals surface area contributed by atoms with Gasteiger partial charge in [-0.1, -0.05) is 29.8 Å². The lowest BCUT2D eigenvalue weighted by Crippen LogP contribution is -2.51. The zero-order valence-electron chi connectivity index (χ0n) is 11.7. The van der Waals surface area contributed by atoms with Crippen molar-refractivity contribution in [2.75, 3.05) is 19.7 Å². The van der Waals surface area contributed by atoms with Crippen LogP contribution in [0.25, 0.3) is 0 Å². The molecule has 1 aromatic carbocycles. The summed E-state index contributed by atoms with van der Waals surface area (Å²) in [6, 6.07) is 9.69. The highest BCUT2D eigenvalue weighted by Gasteiger charge is 2.39. The van der Waals surface area contributed by atoms with Crippen LogP contribution in [-0.4, -0.2) is 36.7 Å². The molecule has 2 N–H and O–H groups in total. The number of ether oxygens (including phenoxy) is 1. The van der Waals surface area contributed by atoms with E-state index in [9.17, 15) is 0 Å². The first-order valence-electron chi connectivity index (χ1n) is 7.43. The minimum absolute atomic E-state index is 0.342. The molecule has 0 radical (unpaired) electrons. The smallest absolute Gasteiger partial charge is 0.0731 e. The van der Waals surface area contributed by atoms with E-state index in [2.05, 4.69) is 36.1 Å². The number of nitrogens with zero attached hydrogens (tertiary/aromatic N) is 1. The quantitative estimate of drug-likeness (QED) is 0.906. The predicted molar refractivity (Wildman–Crippen MR) is 77.1 cm³/mol. The van der Waals surface area contributed by atoms with E-state index in [0.717, 1.165) is 13.2 Å². The summed E-state index contributed by atoms with van der Waals surface area (Å²) in [4.78, 5) is 2.59. The van der Waals surface area contributed by atoms with E-state index in [4.69, 9.17) is 10.5 Å². The van der Waals surface area contributed by atoms with Crippen molar-refractivity contribution in [1.82, 2.24) is 4.90 Å². The molecule has 1 heterocycles. The van der Waals surface area contributed by atoms with Gasteiger partial charge in [-0.15, -0.1) is 0 Å². The van der Waals surface area contributed by atoms with Crippen LogP contribution in [0.3, 0.4) is 0 Å². The van der Waals surface area contributed by atoms with Gasteiger partial charge in [0.1, 0.15) is 0 Å². The van der Waals surface area contributed by atoms with Crippen molar-refractivity contribution >= 4 is 0 Å². The van der Waals surface area contributed by atoms with Crippen molar-refractivity contribution in [3.05, 3.63) is 35.4 Å². The van der Waals surface area contributed by atoms with E-state index in [0.29, 0.717) is 24.7 Å². The van der Waals surface area contributed by atoms with E-state index < -0.39 is 0 Å². The molecule has 3 rings (SSSR count). The second-order valence-electron chi connectivity index (χ2n) is 5.81. The molecule has 1 aliphatic heterocycles. The first kappa shape index (κ1) is 13.1. The van der Waals surface area contributed by atoms with Crippen LogP contribution in [0.5, 0.6) is 0 Å². The summed E-state index contributed by atoms with van der Waals surface area (Å²) in [6.07, 6.45) is 4.20. The molecular weight excluding hydrogens is 236 g/mol. The number of fused-ring (bicyclic) bond motifs is 1. The van der Waals surface area contributed by atoms with Crippen LogP contribution >= 0.6 is 0 Å². The minimum atomic E-state index is 0.342. The van der Waals surface area contributed by atoms with Crippen molar-refractivity contribution in [1.29, 1.82) is 0 Å². The first-order valence-corrected chi connectivity index (χ1v) is 7.43. The lowest BCUT2D eigenvalue weighted by atomic mass is 9.99. The van der Waals surface area contributed by atoms with Crippen LogP contribution in [0.4, 0.5) is 0 Å². The van der Waals surface area contributed by atoms with Crippen LogP contribution in [0, 0.1) is 6.92 Å². The largest absolute Gasteiger partial charge is 0.375 e. The van der Waals surface area contributed by atoms with Gasteiger partial charge in [-0.3, -0.25) is 4.90 Å². The predicted octanol–water partition coefficient (Wildman–Crippen LogP) is 2.25. The van der Waals surface area contributed by atoms with Crippen molar-refractivity contribution in [2.24, 2.45) is 5.73 Å². The van der Waals surface area contributed by atoms with E-state index >= 15 is 0 Å². The van der Waals surface area contributed by atoms with E-state index in [1.54, 1.807) is 0 Å². The molecule has 3 unspecified atom stereocenters. The summed E-state index contributed by atoms with van der Waals surface area (Å²) in [6.45, 7) is 4.70. The Morgan fingerprint density at radius 3 is 3.11 bits per heavy atom. The minimum Gasteiger partial charge on any atom is -0.375 e. The first-order chi connectivity index (χ1) is 9.29. The number of morpholine rings is 1. The maximum absolute atomic E-state index is 6.09. The van der Waals surface area contributed by atoms with Gasteiger partial charge < -0.3 is 10.5 Å². The molecule has 1 aliphatic carbocycles. The molecule has 0 amide bonds. The number of hydrogen-bond donors (Lipinski definition) is 1. The van der Waals surface area contributed by atoms with Crippen molar-refractivity contribution in [2.45, 2.75) is 44.4 Å². The fourth-order valence-corrected chi connectivity index (χ4v) is 3.68. The van der Waals surface area contributed by atoms with Gasteiger partial charge in [-0.2, -0.15) is 0 Å². The Morgan fingerprint density at radius 1 is 1.42 bits per heavy atom. The molecule has 19 heavy (non-hydrogen) atoms. The molecule has 0 aromatic heterocycles. The Labute approximate surface area is 115 Å². The molecule has 1 saturated carbocycles.